The van der Waals surface area contributed by atoms with E-state index in [4.69, 9.17) is 0 Å². The number of fused-ring (bicyclic) bond motifs is 6. The van der Waals surface area contributed by atoms with Gasteiger partial charge < -0.3 is 9.47 Å². The van der Waals surface area contributed by atoms with E-state index in [1.54, 1.807) is 11.3 Å². The van der Waals surface area contributed by atoms with Crippen LogP contribution in [0.25, 0.3) is 49.1 Å². The Balaban J connectivity index is 1.14. The van der Waals surface area contributed by atoms with E-state index < -0.39 is 0 Å². The number of aromatic nitrogens is 1. The molecule has 0 fully saturated rings. The van der Waals surface area contributed by atoms with Crippen molar-refractivity contribution in [2.24, 2.45) is 0 Å². The van der Waals surface area contributed by atoms with E-state index in [9.17, 15) is 0 Å². The van der Waals surface area contributed by atoms with Crippen LogP contribution in [0, 0.1) is 0 Å². The summed E-state index contributed by atoms with van der Waals surface area (Å²) >= 11 is 3.59. The van der Waals surface area contributed by atoms with Crippen LogP contribution in [0.3, 0.4) is 0 Å². The Labute approximate surface area is 252 Å². The van der Waals surface area contributed by atoms with E-state index in [0.29, 0.717) is 12.0 Å². The van der Waals surface area contributed by atoms with E-state index in [1.807, 2.05) is 11.3 Å². The summed E-state index contributed by atoms with van der Waals surface area (Å²) in [6.07, 6.45) is 9.09. The van der Waals surface area contributed by atoms with Crippen molar-refractivity contribution in [2.45, 2.75) is 12.0 Å². The van der Waals surface area contributed by atoms with Crippen LogP contribution in [0.4, 0.5) is 10.7 Å². The Kier molecular flexibility index (Phi) is 5.40. The molecule has 9 rings (SSSR count). The summed E-state index contributed by atoms with van der Waals surface area (Å²) in [5.41, 5.74) is 10.2. The minimum Gasteiger partial charge on any atom is -0.325 e. The molecule has 4 aromatic carbocycles. The molecule has 2 nitrogen and oxygen atoms in total. The van der Waals surface area contributed by atoms with Gasteiger partial charge in [-0.2, -0.15) is 0 Å². The smallest absolute Gasteiger partial charge is 0.0999 e. The molecule has 0 spiro atoms. The lowest BCUT2D eigenvalue weighted by molar-refractivity contribution is 0.748. The van der Waals surface area contributed by atoms with Gasteiger partial charge in [-0.15, -0.1) is 22.7 Å². The second-order valence-corrected chi connectivity index (χ2v) is 12.8. The Bertz CT molecular complexity index is 2160. The van der Waals surface area contributed by atoms with E-state index in [2.05, 4.69) is 154 Å². The minimum atomic E-state index is 0.327. The lowest BCUT2D eigenvalue weighted by Gasteiger charge is -2.27. The van der Waals surface area contributed by atoms with Crippen LogP contribution in [0.1, 0.15) is 11.5 Å². The van der Waals surface area contributed by atoms with Crippen LogP contribution in [0.2, 0.25) is 0 Å². The highest BCUT2D eigenvalue weighted by Crippen LogP contribution is 2.50. The number of thiophene rings is 2. The topological polar surface area (TPSA) is 8.17 Å². The second kappa shape index (κ2) is 9.45. The van der Waals surface area contributed by atoms with Crippen molar-refractivity contribution in [2.75, 3.05) is 4.90 Å². The first-order chi connectivity index (χ1) is 20.8. The van der Waals surface area contributed by atoms with Crippen LogP contribution in [0.5, 0.6) is 0 Å². The van der Waals surface area contributed by atoms with Crippen LogP contribution in [-0.2, 0) is 0 Å². The van der Waals surface area contributed by atoms with Gasteiger partial charge >= 0.3 is 0 Å². The van der Waals surface area contributed by atoms with Crippen LogP contribution in [0.15, 0.2) is 144 Å². The highest BCUT2D eigenvalue weighted by Gasteiger charge is 2.37. The van der Waals surface area contributed by atoms with Crippen molar-refractivity contribution in [3.8, 4) is 27.3 Å². The third-order valence-electron chi connectivity index (χ3n) is 8.72. The zero-order chi connectivity index (χ0) is 27.6. The van der Waals surface area contributed by atoms with Crippen molar-refractivity contribution in [3.05, 3.63) is 150 Å². The van der Waals surface area contributed by atoms with Gasteiger partial charge in [0, 0.05) is 22.4 Å². The standard InChI is InChI=1S/C38H26N2S2/c1-3-12-33-29(10-1)31-23-27(16-18-35(31)39(33)37-14-6-20-41-37)25-8-5-9-26(22-25)28-17-19-36-32(24-28)30-11-2-4-13-34(30)40(36)38-15-7-21-42-38/h1-24,29,33H. The Morgan fingerprint density at radius 2 is 1.24 bits per heavy atom. The summed E-state index contributed by atoms with van der Waals surface area (Å²) in [4.78, 5) is 2.51. The van der Waals surface area contributed by atoms with Crippen LogP contribution in [-0.4, -0.2) is 10.6 Å². The van der Waals surface area contributed by atoms with Gasteiger partial charge in [0.15, 0.2) is 0 Å². The summed E-state index contributed by atoms with van der Waals surface area (Å²) in [5, 5.41) is 9.44. The average Bonchev–Trinajstić information content (AvgIpc) is 3.86. The number of rotatable bonds is 4. The summed E-state index contributed by atoms with van der Waals surface area (Å²) in [5.74, 6) is 0.360. The third kappa shape index (κ3) is 3.62. The van der Waals surface area contributed by atoms with E-state index in [1.165, 1.54) is 65.3 Å². The normalized spacial score (nSPS) is 17.3. The molecule has 200 valence electrons. The molecular weight excluding hydrogens is 549 g/mol. The summed E-state index contributed by atoms with van der Waals surface area (Å²) < 4.78 is 2.39. The predicted octanol–water partition coefficient (Wildman–Crippen LogP) is 11.0. The molecule has 2 aliphatic rings. The average molecular weight is 575 g/mol. The molecule has 0 N–H and O–H groups in total. The van der Waals surface area contributed by atoms with Gasteiger partial charge in [-0.25, -0.2) is 0 Å². The zero-order valence-electron chi connectivity index (χ0n) is 22.7. The molecule has 1 aliphatic heterocycles. The van der Waals surface area contributed by atoms with Gasteiger partial charge in [0.25, 0.3) is 0 Å². The molecule has 0 saturated heterocycles. The Hall–Kier alpha value is -4.64. The second-order valence-electron chi connectivity index (χ2n) is 11.0. The van der Waals surface area contributed by atoms with Gasteiger partial charge in [0.1, 0.15) is 0 Å². The molecule has 2 unspecified atom stereocenters. The number of hydrogen-bond donors (Lipinski definition) is 0. The molecular formula is C38H26N2S2. The molecule has 0 radical (unpaired) electrons. The van der Waals surface area contributed by atoms with E-state index in [-0.39, 0.29) is 0 Å². The lowest BCUT2D eigenvalue weighted by Crippen LogP contribution is -2.27. The number of para-hydroxylation sites is 1. The van der Waals surface area contributed by atoms with Gasteiger partial charge in [-0.3, -0.25) is 0 Å². The first kappa shape index (κ1) is 24.0. The molecule has 1 aliphatic carbocycles. The Morgan fingerprint density at radius 3 is 2.07 bits per heavy atom. The number of allylic oxidation sites excluding steroid dienone is 2. The van der Waals surface area contributed by atoms with Gasteiger partial charge in [-0.1, -0.05) is 72.8 Å². The van der Waals surface area contributed by atoms with Gasteiger partial charge in [0.05, 0.1) is 27.1 Å². The predicted molar refractivity (Wildman–Crippen MR) is 181 cm³/mol. The summed E-state index contributed by atoms with van der Waals surface area (Å²) in [7, 11) is 0. The molecule has 3 aromatic heterocycles. The first-order valence-electron chi connectivity index (χ1n) is 14.3. The molecule has 4 heterocycles. The number of nitrogens with zero attached hydrogens (tertiary/aromatic N) is 2. The maximum absolute atomic E-state index is 2.51. The van der Waals surface area contributed by atoms with Crippen molar-refractivity contribution in [1.29, 1.82) is 0 Å². The molecule has 7 aromatic rings. The zero-order valence-corrected chi connectivity index (χ0v) is 24.4. The fraction of sp³-hybridized carbons (Fsp3) is 0.0526. The van der Waals surface area contributed by atoms with Gasteiger partial charge in [0.2, 0.25) is 0 Å². The molecule has 42 heavy (non-hydrogen) atoms. The van der Waals surface area contributed by atoms with Gasteiger partial charge in [-0.05, 0) is 99.2 Å². The van der Waals surface area contributed by atoms with E-state index >= 15 is 0 Å². The van der Waals surface area contributed by atoms with Crippen molar-refractivity contribution in [3.63, 3.8) is 0 Å². The SMILES string of the molecule is C1=CC2c3cc(-c4cccc(-c5ccc6c(c5)c5ccccc5n6-c5cccs5)c4)ccc3N(c3cccs3)C2C=C1. The summed E-state index contributed by atoms with van der Waals surface area (Å²) in [6, 6.07) is 40.8. The highest BCUT2D eigenvalue weighted by atomic mass is 32.1. The van der Waals surface area contributed by atoms with Crippen molar-refractivity contribution < 1.29 is 0 Å². The third-order valence-corrected chi connectivity index (χ3v) is 10.4. The maximum atomic E-state index is 2.51. The summed E-state index contributed by atoms with van der Waals surface area (Å²) in [6.45, 7) is 0. The van der Waals surface area contributed by atoms with Crippen molar-refractivity contribution in [1.82, 2.24) is 4.57 Å². The molecule has 4 heteroatoms. The Morgan fingerprint density at radius 1 is 0.524 bits per heavy atom. The van der Waals surface area contributed by atoms with Crippen LogP contribution < -0.4 is 4.90 Å². The minimum absolute atomic E-state index is 0.327. The fourth-order valence-electron chi connectivity index (χ4n) is 6.85. The molecule has 0 saturated carbocycles. The first-order valence-corrected chi connectivity index (χ1v) is 16.1. The number of hydrogen-bond acceptors (Lipinski definition) is 3. The largest absolute Gasteiger partial charge is 0.325 e. The maximum Gasteiger partial charge on any atom is 0.0999 e. The lowest BCUT2D eigenvalue weighted by atomic mass is 9.89. The fourth-order valence-corrected chi connectivity index (χ4v) is 8.39. The van der Waals surface area contributed by atoms with Crippen molar-refractivity contribution >= 4 is 55.2 Å². The highest BCUT2D eigenvalue weighted by molar-refractivity contribution is 7.14. The van der Waals surface area contributed by atoms with Crippen LogP contribution >= 0.6 is 22.7 Å². The molecule has 0 bridgehead atoms. The monoisotopic (exact) mass is 574 g/mol. The quantitative estimate of drug-likeness (QED) is 0.203. The molecule has 0 amide bonds. The molecule has 2 atom stereocenters. The number of benzene rings is 4. The number of anilines is 2. The van der Waals surface area contributed by atoms with E-state index in [0.717, 1.165) is 0 Å².